The zero-order valence-corrected chi connectivity index (χ0v) is 11.8. The Bertz CT molecular complexity index is 532. The van der Waals surface area contributed by atoms with E-state index in [2.05, 4.69) is 4.90 Å². The molecule has 2 heterocycles. The van der Waals surface area contributed by atoms with E-state index in [0.29, 0.717) is 29.1 Å². The molecule has 2 aliphatic rings. The third-order valence-corrected chi connectivity index (χ3v) is 4.48. The summed E-state index contributed by atoms with van der Waals surface area (Å²) < 4.78 is 0. The monoisotopic (exact) mass is 279 g/mol. The van der Waals surface area contributed by atoms with Crippen molar-refractivity contribution < 1.29 is 4.79 Å². The lowest BCUT2D eigenvalue weighted by Crippen LogP contribution is -2.51. The number of amides is 1. The van der Waals surface area contributed by atoms with E-state index >= 15 is 0 Å². The number of benzene rings is 1. The maximum Gasteiger partial charge on any atom is 0.223 e. The molecule has 0 radical (unpaired) electrons. The predicted molar refractivity (Wildman–Crippen MR) is 77.5 cm³/mol. The highest BCUT2D eigenvalue weighted by Crippen LogP contribution is 2.32. The first-order valence-corrected chi connectivity index (χ1v) is 7.04. The summed E-state index contributed by atoms with van der Waals surface area (Å²) in [5, 5.41) is 0.602. The molecule has 1 aromatic rings. The van der Waals surface area contributed by atoms with Gasteiger partial charge in [-0.05, 0) is 31.0 Å². The third-order valence-electron chi connectivity index (χ3n) is 4.15. The molecule has 0 bridgehead atoms. The summed E-state index contributed by atoms with van der Waals surface area (Å²) in [6, 6.07) is 4.22. The van der Waals surface area contributed by atoms with E-state index in [4.69, 9.17) is 17.3 Å². The fourth-order valence-electron chi connectivity index (χ4n) is 3.12. The summed E-state index contributed by atoms with van der Waals surface area (Å²) in [4.78, 5) is 16.0. The molecule has 2 fully saturated rings. The van der Waals surface area contributed by atoms with Crippen LogP contribution in [0, 0.1) is 6.92 Å². The summed E-state index contributed by atoms with van der Waals surface area (Å²) in [5.41, 5.74) is 8.72. The van der Waals surface area contributed by atoms with E-state index in [1.165, 1.54) is 0 Å². The molecule has 3 rings (SSSR count). The van der Waals surface area contributed by atoms with Gasteiger partial charge in [-0.2, -0.15) is 0 Å². The molecular formula is C14H18ClN3O. The largest absolute Gasteiger partial charge is 0.398 e. The SMILES string of the molecule is Cc1cc(N)c(Cl)cc1N1CCN2C(=O)CCC2C1. The normalized spacial score (nSPS) is 22.8. The number of hydrogen-bond donors (Lipinski definition) is 1. The minimum Gasteiger partial charge on any atom is -0.398 e. The van der Waals surface area contributed by atoms with Crippen molar-refractivity contribution in [2.45, 2.75) is 25.8 Å². The summed E-state index contributed by atoms with van der Waals surface area (Å²) >= 11 is 6.12. The van der Waals surface area contributed by atoms with Crippen LogP contribution in [0.4, 0.5) is 11.4 Å². The first-order chi connectivity index (χ1) is 9.06. The molecule has 1 atom stereocenters. The molecule has 1 aromatic carbocycles. The summed E-state index contributed by atoms with van der Waals surface area (Å²) in [6.07, 6.45) is 1.66. The van der Waals surface area contributed by atoms with Crippen LogP contribution in [-0.4, -0.2) is 36.5 Å². The number of carbonyl (C=O) groups excluding carboxylic acids is 1. The number of nitrogens with zero attached hydrogens (tertiary/aromatic N) is 2. The van der Waals surface area contributed by atoms with Crippen molar-refractivity contribution >= 4 is 28.9 Å². The quantitative estimate of drug-likeness (QED) is 0.801. The van der Waals surface area contributed by atoms with Crippen LogP contribution in [0.3, 0.4) is 0 Å². The number of anilines is 2. The van der Waals surface area contributed by atoms with Gasteiger partial charge in [0.25, 0.3) is 0 Å². The van der Waals surface area contributed by atoms with Crippen LogP contribution in [0.2, 0.25) is 5.02 Å². The number of rotatable bonds is 1. The molecule has 2 saturated heterocycles. The Morgan fingerprint density at radius 1 is 1.37 bits per heavy atom. The van der Waals surface area contributed by atoms with Crippen LogP contribution in [0.1, 0.15) is 18.4 Å². The third kappa shape index (κ3) is 2.14. The molecule has 0 saturated carbocycles. The van der Waals surface area contributed by atoms with Crippen molar-refractivity contribution in [3.05, 3.63) is 22.7 Å². The van der Waals surface area contributed by atoms with Gasteiger partial charge in [0.1, 0.15) is 0 Å². The molecule has 5 heteroatoms. The van der Waals surface area contributed by atoms with E-state index in [-0.39, 0.29) is 0 Å². The van der Waals surface area contributed by atoms with Gasteiger partial charge in [0.15, 0.2) is 0 Å². The number of fused-ring (bicyclic) bond motifs is 1. The average Bonchev–Trinajstić information content (AvgIpc) is 2.75. The highest BCUT2D eigenvalue weighted by Gasteiger charge is 2.35. The molecule has 4 nitrogen and oxygen atoms in total. The lowest BCUT2D eigenvalue weighted by molar-refractivity contribution is -0.129. The lowest BCUT2D eigenvalue weighted by Gasteiger charge is -2.39. The van der Waals surface area contributed by atoms with Gasteiger partial charge >= 0.3 is 0 Å². The fraction of sp³-hybridized carbons (Fsp3) is 0.500. The minimum absolute atomic E-state index is 0.303. The van der Waals surface area contributed by atoms with Gasteiger partial charge in [0.05, 0.1) is 10.7 Å². The highest BCUT2D eigenvalue weighted by molar-refractivity contribution is 6.33. The van der Waals surface area contributed by atoms with Gasteiger partial charge in [-0.15, -0.1) is 0 Å². The Hall–Kier alpha value is -1.42. The van der Waals surface area contributed by atoms with Gasteiger partial charge in [-0.1, -0.05) is 11.6 Å². The van der Waals surface area contributed by atoms with Crippen LogP contribution >= 0.6 is 11.6 Å². The number of hydrogen-bond acceptors (Lipinski definition) is 3. The first kappa shape index (κ1) is 12.6. The predicted octanol–water partition coefficient (Wildman–Crippen LogP) is 2.04. The van der Waals surface area contributed by atoms with Crippen molar-refractivity contribution in [2.24, 2.45) is 0 Å². The van der Waals surface area contributed by atoms with Crippen molar-refractivity contribution in [1.29, 1.82) is 0 Å². The number of carbonyl (C=O) groups is 1. The standard InChI is InChI=1S/C14H18ClN3O/c1-9-6-12(16)11(15)7-13(9)17-4-5-18-10(8-17)2-3-14(18)19/h6-7,10H,2-5,8,16H2,1H3. The van der Waals surface area contributed by atoms with E-state index in [0.717, 1.165) is 37.3 Å². The van der Waals surface area contributed by atoms with Crippen molar-refractivity contribution in [3.63, 3.8) is 0 Å². The maximum atomic E-state index is 11.7. The van der Waals surface area contributed by atoms with Crippen molar-refractivity contribution in [3.8, 4) is 0 Å². The van der Waals surface area contributed by atoms with E-state index in [1.807, 2.05) is 24.0 Å². The van der Waals surface area contributed by atoms with Crippen molar-refractivity contribution in [2.75, 3.05) is 30.3 Å². The van der Waals surface area contributed by atoms with Crippen LogP contribution in [0.15, 0.2) is 12.1 Å². The molecule has 2 aliphatic heterocycles. The Balaban J connectivity index is 1.84. The maximum absolute atomic E-state index is 11.7. The number of aryl methyl sites for hydroxylation is 1. The Morgan fingerprint density at radius 3 is 2.95 bits per heavy atom. The van der Waals surface area contributed by atoms with Gasteiger partial charge in [0.2, 0.25) is 5.91 Å². The van der Waals surface area contributed by atoms with Crippen LogP contribution in [-0.2, 0) is 4.79 Å². The molecular weight excluding hydrogens is 262 g/mol. The molecule has 0 spiro atoms. The summed E-state index contributed by atoms with van der Waals surface area (Å²) in [7, 11) is 0. The number of piperazine rings is 1. The van der Waals surface area contributed by atoms with E-state index in [9.17, 15) is 4.79 Å². The Kier molecular flexibility index (Phi) is 3.05. The minimum atomic E-state index is 0.303. The first-order valence-electron chi connectivity index (χ1n) is 6.66. The average molecular weight is 280 g/mol. The topological polar surface area (TPSA) is 49.6 Å². The fourth-order valence-corrected chi connectivity index (χ4v) is 3.28. The summed E-state index contributed by atoms with van der Waals surface area (Å²) in [6.45, 7) is 4.62. The van der Waals surface area contributed by atoms with E-state index < -0.39 is 0 Å². The molecule has 0 aromatic heterocycles. The zero-order chi connectivity index (χ0) is 13.6. The Labute approximate surface area is 118 Å². The van der Waals surface area contributed by atoms with Gasteiger partial charge in [-0.25, -0.2) is 0 Å². The second-order valence-electron chi connectivity index (χ2n) is 5.39. The smallest absolute Gasteiger partial charge is 0.223 e. The van der Waals surface area contributed by atoms with Crippen molar-refractivity contribution in [1.82, 2.24) is 4.90 Å². The number of nitrogen functional groups attached to an aromatic ring is 1. The second kappa shape index (κ2) is 4.60. The molecule has 19 heavy (non-hydrogen) atoms. The van der Waals surface area contributed by atoms with Crippen LogP contribution in [0.25, 0.3) is 0 Å². The van der Waals surface area contributed by atoms with Crippen LogP contribution < -0.4 is 10.6 Å². The van der Waals surface area contributed by atoms with E-state index in [1.54, 1.807) is 0 Å². The molecule has 1 unspecified atom stereocenters. The lowest BCUT2D eigenvalue weighted by atomic mass is 10.1. The second-order valence-corrected chi connectivity index (χ2v) is 5.79. The van der Waals surface area contributed by atoms with Crippen LogP contribution in [0.5, 0.6) is 0 Å². The highest BCUT2D eigenvalue weighted by atomic mass is 35.5. The molecule has 0 aliphatic carbocycles. The van der Waals surface area contributed by atoms with Gasteiger partial charge in [-0.3, -0.25) is 4.79 Å². The molecule has 2 N–H and O–H groups in total. The molecule has 1 amide bonds. The Morgan fingerprint density at radius 2 is 2.16 bits per heavy atom. The molecule has 102 valence electrons. The number of halogens is 1. The van der Waals surface area contributed by atoms with Gasteiger partial charge < -0.3 is 15.5 Å². The summed E-state index contributed by atoms with van der Waals surface area (Å²) in [5.74, 6) is 0.303. The van der Waals surface area contributed by atoms with Gasteiger partial charge in [0, 0.05) is 37.8 Å². The zero-order valence-electron chi connectivity index (χ0n) is 11.0. The number of nitrogens with two attached hydrogens (primary N) is 1.